The molecule has 4 atom stereocenters. The van der Waals surface area contributed by atoms with Crippen LogP contribution in [0.15, 0.2) is 91.0 Å². The molecule has 44 heavy (non-hydrogen) atoms. The van der Waals surface area contributed by atoms with Crippen molar-refractivity contribution >= 4 is 23.3 Å². The predicted octanol–water partition coefficient (Wildman–Crippen LogP) is 5.97. The molecule has 1 amide bonds. The van der Waals surface area contributed by atoms with Gasteiger partial charge in [0.2, 0.25) is 0 Å². The fourth-order valence-corrected chi connectivity index (χ4v) is 5.89. The van der Waals surface area contributed by atoms with Crippen LogP contribution in [0.2, 0.25) is 0 Å². The van der Waals surface area contributed by atoms with Crippen molar-refractivity contribution in [2.24, 2.45) is 5.92 Å². The zero-order valence-corrected chi connectivity index (χ0v) is 24.5. The summed E-state index contributed by atoms with van der Waals surface area (Å²) >= 11 is 0. The van der Waals surface area contributed by atoms with E-state index in [-0.39, 0.29) is 30.0 Å². The van der Waals surface area contributed by atoms with E-state index < -0.39 is 22.8 Å². The Balaban J connectivity index is 1.52. The summed E-state index contributed by atoms with van der Waals surface area (Å²) in [4.78, 5) is 35.8. The highest BCUT2D eigenvalue weighted by atomic mass is 16.6. The van der Waals surface area contributed by atoms with Gasteiger partial charge in [0.1, 0.15) is 6.04 Å². The van der Waals surface area contributed by atoms with Crippen molar-refractivity contribution in [2.45, 2.75) is 31.3 Å². The quantitative estimate of drug-likeness (QED) is 0.150. The number of anilines is 1. The number of aliphatic carboxylic acids is 1. The second kappa shape index (κ2) is 12.9. The van der Waals surface area contributed by atoms with Crippen molar-refractivity contribution in [2.75, 3.05) is 19.5 Å². The molecule has 226 valence electrons. The van der Waals surface area contributed by atoms with E-state index in [1.165, 1.54) is 12.1 Å². The lowest BCUT2D eigenvalue weighted by atomic mass is 9.72. The number of carboxylic acids is 1. The number of nitro groups is 1. The van der Waals surface area contributed by atoms with E-state index in [1.54, 1.807) is 56.7 Å². The van der Waals surface area contributed by atoms with Crippen molar-refractivity contribution < 1.29 is 29.1 Å². The molecule has 4 aromatic carbocycles. The number of nitro benzene ring substituents is 1. The standard InChI is InChI=1S/C34H33N3O7/c1-20-31(24-12-16-29(43-2)30(19-24)44-3)26-17-21(18-28(34(39)40)36-33(38)23-7-5-4-6-8-23)9-15-27(26)35-32(20)22-10-13-25(14-11-22)37(41)42/h4-17,19-20,28,31-32,35H,18H2,1-3H3,(H,36,38)(H,39,40). The summed E-state index contributed by atoms with van der Waals surface area (Å²) in [7, 11) is 3.15. The second-order valence-electron chi connectivity index (χ2n) is 10.8. The number of carbonyl (C=O) groups excluding carboxylic acids is 1. The molecule has 0 fully saturated rings. The molecule has 4 aromatic rings. The Morgan fingerprint density at radius 2 is 1.61 bits per heavy atom. The monoisotopic (exact) mass is 595 g/mol. The number of methoxy groups -OCH3 is 2. The Morgan fingerprint density at radius 3 is 2.25 bits per heavy atom. The molecule has 1 heterocycles. The van der Waals surface area contributed by atoms with Crippen LogP contribution in [0.1, 0.15) is 51.5 Å². The van der Waals surface area contributed by atoms with Crippen LogP contribution >= 0.6 is 0 Å². The number of carboxylic acid groups (broad SMARTS) is 1. The van der Waals surface area contributed by atoms with E-state index in [1.807, 2.05) is 36.4 Å². The maximum atomic E-state index is 12.8. The van der Waals surface area contributed by atoms with Gasteiger partial charge >= 0.3 is 5.97 Å². The van der Waals surface area contributed by atoms with Crippen LogP contribution in [0.5, 0.6) is 11.5 Å². The Hall–Kier alpha value is -5.38. The van der Waals surface area contributed by atoms with E-state index in [9.17, 15) is 24.8 Å². The van der Waals surface area contributed by atoms with E-state index in [0.29, 0.717) is 17.1 Å². The zero-order valence-electron chi connectivity index (χ0n) is 24.5. The molecular formula is C34H33N3O7. The number of non-ortho nitro benzene ring substituents is 1. The SMILES string of the molecule is COc1ccc(C2c3cc(CC(NC(=O)c4ccccc4)C(=O)O)ccc3NC(c3ccc([N+](=O)[O-])cc3)C2C)cc1OC. The lowest BCUT2D eigenvalue weighted by molar-refractivity contribution is -0.384. The minimum absolute atomic E-state index is 0.0195. The number of hydrogen-bond acceptors (Lipinski definition) is 7. The number of benzene rings is 4. The van der Waals surface area contributed by atoms with Gasteiger partial charge in [-0.1, -0.05) is 55.5 Å². The number of rotatable bonds is 10. The van der Waals surface area contributed by atoms with Gasteiger partial charge in [0, 0.05) is 35.7 Å². The molecule has 10 nitrogen and oxygen atoms in total. The average Bonchev–Trinajstić information content (AvgIpc) is 3.04. The summed E-state index contributed by atoms with van der Waals surface area (Å²) < 4.78 is 11.1. The smallest absolute Gasteiger partial charge is 0.326 e. The van der Waals surface area contributed by atoms with Crippen LogP contribution in [-0.2, 0) is 11.2 Å². The van der Waals surface area contributed by atoms with Gasteiger partial charge in [0.25, 0.3) is 11.6 Å². The molecule has 0 saturated carbocycles. The van der Waals surface area contributed by atoms with Crippen molar-refractivity contribution in [3.8, 4) is 11.5 Å². The summed E-state index contributed by atoms with van der Waals surface area (Å²) in [6.07, 6.45) is 0.0833. The van der Waals surface area contributed by atoms with Crippen molar-refractivity contribution in [3.05, 3.63) is 129 Å². The highest BCUT2D eigenvalue weighted by molar-refractivity contribution is 5.96. The van der Waals surface area contributed by atoms with Gasteiger partial charge in [-0.2, -0.15) is 0 Å². The van der Waals surface area contributed by atoms with Gasteiger partial charge in [0.05, 0.1) is 25.2 Å². The zero-order chi connectivity index (χ0) is 31.4. The van der Waals surface area contributed by atoms with Gasteiger partial charge in [-0.25, -0.2) is 4.79 Å². The minimum Gasteiger partial charge on any atom is -0.493 e. The van der Waals surface area contributed by atoms with Crippen molar-refractivity contribution in [1.82, 2.24) is 5.32 Å². The van der Waals surface area contributed by atoms with Gasteiger partial charge in [-0.3, -0.25) is 14.9 Å². The first-order chi connectivity index (χ1) is 21.2. The molecule has 0 aliphatic carbocycles. The third-order valence-corrected chi connectivity index (χ3v) is 8.12. The van der Waals surface area contributed by atoms with E-state index in [0.717, 1.165) is 27.9 Å². The lowest BCUT2D eigenvalue weighted by Crippen LogP contribution is -2.42. The second-order valence-corrected chi connectivity index (χ2v) is 10.8. The number of amides is 1. The molecule has 5 rings (SSSR count). The van der Waals surface area contributed by atoms with Crippen molar-refractivity contribution in [3.63, 3.8) is 0 Å². The Bertz CT molecular complexity index is 1670. The van der Waals surface area contributed by atoms with Crippen LogP contribution in [-0.4, -0.2) is 42.2 Å². The number of fused-ring (bicyclic) bond motifs is 1. The highest BCUT2D eigenvalue weighted by Gasteiger charge is 2.36. The molecule has 10 heteroatoms. The number of carbonyl (C=O) groups is 2. The molecule has 1 aliphatic rings. The molecule has 0 aromatic heterocycles. The molecule has 0 saturated heterocycles. The normalized spacial score (nSPS) is 17.8. The van der Waals surface area contributed by atoms with Gasteiger partial charge in [-0.15, -0.1) is 0 Å². The molecule has 0 radical (unpaired) electrons. The molecule has 3 N–H and O–H groups in total. The summed E-state index contributed by atoms with van der Waals surface area (Å²) in [6, 6.07) is 25.3. The molecule has 0 spiro atoms. The lowest BCUT2D eigenvalue weighted by Gasteiger charge is -2.40. The maximum Gasteiger partial charge on any atom is 0.326 e. The largest absolute Gasteiger partial charge is 0.493 e. The fraction of sp³-hybridized carbons (Fsp3) is 0.235. The van der Waals surface area contributed by atoms with E-state index >= 15 is 0 Å². The summed E-state index contributed by atoms with van der Waals surface area (Å²) in [6.45, 7) is 2.11. The summed E-state index contributed by atoms with van der Waals surface area (Å²) in [5.41, 5.74) is 4.83. The Morgan fingerprint density at radius 1 is 0.932 bits per heavy atom. The Kier molecular flexibility index (Phi) is 8.80. The number of nitrogens with zero attached hydrogens (tertiary/aromatic N) is 1. The van der Waals surface area contributed by atoms with Crippen LogP contribution in [0.4, 0.5) is 11.4 Å². The van der Waals surface area contributed by atoms with E-state index in [2.05, 4.69) is 17.6 Å². The molecular weight excluding hydrogens is 562 g/mol. The summed E-state index contributed by atoms with van der Waals surface area (Å²) in [5.74, 6) is -0.612. The van der Waals surface area contributed by atoms with Gasteiger partial charge in [0.15, 0.2) is 11.5 Å². The van der Waals surface area contributed by atoms with Crippen LogP contribution < -0.4 is 20.1 Å². The molecule has 0 bridgehead atoms. The predicted molar refractivity (Wildman–Crippen MR) is 165 cm³/mol. The van der Waals surface area contributed by atoms with Crippen molar-refractivity contribution in [1.29, 1.82) is 0 Å². The number of ether oxygens (including phenoxy) is 2. The van der Waals surface area contributed by atoms with Gasteiger partial charge in [-0.05, 0) is 58.5 Å². The third kappa shape index (κ3) is 6.19. The molecule has 4 unspecified atom stereocenters. The number of hydrogen-bond donors (Lipinski definition) is 3. The Labute approximate surface area is 254 Å². The first kappa shape index (κ1) is 30.1. The molecule has 1 aliphatic heterocycles. The fourth-order valence-electron chi connectivity index (χ4n) is 5.89. The van der Waals surface area contributed by atoms with E-state index in [4.69, 9.17) is 9.47 Å². The highest BCUT2D eigenvalue weighted by Crippen LogP contribution is 2.49. The van der Waals surface area contributed by atoms with Gasteiger partial charge < -0.3 is 25.2 Å². The number of nitrogens with one attached hydrogen (secondary N) is 2. The first-order valence-electron chi connectivity index (χ1n) is 14.1. The topological polar surface area (TPSA) is 140 Å². The average molecular weight is 596 g/mol. The van der Waals surface area contributed by atoms with Crippen LogP contribution in [0.25, 0.3) is 0 Å². The maximum absolute atomic E-state index is 12.8. The van der Waals surface area contributed by atoms with Crippen LogP contribution in [0.3, 0.4) is 0 Å². The first-order valence-corrected chi connectivity index (χ1v) is 14.1. The minimum atomic E-state index is -1.14. The third-order valence-electron chi connectivity index (χ3n) is 8.12. The summed E-state index contributed by atoms with van der Waals surface area (Å²) in [5, 5.41) is 27.5. The van der Waals surface area contributed by atoms with Crippen LogP contribution in [0, 0.1) is 16.0 Å².